The fourth-order valence-corrected chi connectivity index (χ4v) is 4.55. The number of rotatable bonds is 6. The Kier molecular flexibility index (Phi) is 5.13. The number of aromatic nitrogens is 4. The van der Waals surface area contributed by atoms with Gasteiger partial charge in [-0.25, -0.2) is 17.7 Å². The van der Waals surface area contributed by atoms with Crippen molar-refractivity contribution >= 4 is 21.7 Å². The summed E-state index contributed by atoms with van der Waals surface area (Å²) in [4.78, 5) is 8.96. The largest absolute Gasteiger partial charge is 0.497 e. The van der Waals surface area contributed by atoms with Crippen LogP contribution in [0.25, 0.3) is 5.78 Å². The van der Waals surface area contributed by atoms with E-state index >= 15 is 0 Å². The summed E-state index contributed by atoms with van der Waals surface area (Å²) in [5.74, 6) is 1.05. The van der Waals surface area contributed by atoms with Crippen molar-refractivity contribution < 1.29 is 13.2 Å². The van der Waals surface area contributed by atoms with Crippen molar-refractivity contribution in [3.63, 3.8) is 0 Å². The zero-order valence-electron chi connectivity index (χ0n) is 16.8. The second-order valence-corrected chi connectivity index (χ2v) is 8.70. The summed E-state index contributed by atoms with van der Waals surface area (Å²) < 4.78 is 35.0. The van der Waals surface area contributed by atoms with Gasteiger partial charge in [-0.05, 0) is 49.7 Å². The molecule has 4 aromatic rings. The molecule has 8 nitrogen and oxygen atoms in total. The van der Waals surface area contributed by atoms with Crippen LogP contribution in [0.3, 0.4) is 0 Å². The fourth-order valence-electron chi connectivity index (χ4n) is 3.18. The maximum Gasteiger partial charge on any atom is 0.267 e. The van der Waals surface area contributed by atoms with Gasteiger partial charge in [-0.3, -0.25) is 0 Å². The van der Waals surface area contributed by atoms with Crippen LogP contribution in [0.4, 0.5) is 5.95 Å². The van der Waals surface area contributed by atoms with Crippen molar-refractivity contribution in [1.82, 2.24) is 19.6 Å². The highest BCUT2D eigenvalue weighted by Gasteiger charge is 2.29. The Morgan fingerprint density at radius 3 is 2.50 bits per heavy atom. The van der Waals surface area contributed by atoms with Gasteiger partial charge in [0.1, 0.15) is 5.75 Å². The predicted molar refractivity (Wildman–Crippen MR) is 113 cm³/mol. The van der Waals surface area contributed by atoms with Gasteiger partial charge in [0.15, 0.2) is 0 Å². The predicted octanol–water partition coefficient (Wildman–Crippen LogP) is 3.15. The molecule has 2 aromatic heterocycles. The number of benzene rings is 2. The van der Waals surface area contributed by atoms with Crippen LogP contribution in [-0.2, 0) is 16.6 Å². The highest BCUT2D eigenvalue weighted by Crippen LogP contribution is 2.25. The highest BCUT2D eigenvalue weighted by molar-refractivity contribution is 7.92. The maximum atomic E-state index is 13.5. The summed E-state index contributed by atoms with van der Waals surface area (Å²) >= 11 is 0. The van der Waals surface area contributed by atoms with Gasteiger partial charge in [-0.1, -0.05) is 30.3 Å². The van der Waals surface area contributed by atoms with E-state index in [4.69, 9.17) is 4.74 Å². The number of hydrogen-bond donors (Lipinski definition) is 0. The van der Waals surface area contributed by atoms with E-state index in [0.717, 1.165) is 17.0 Å². The monoisotopic (exact) mass is 423 g/mol. The molecule has 2 aromatic carbocycles. The van der Waals surface area contributed by atoms with Gasteiger partial charge in [-0.2, -0.15) is 9.50 Å². The molecule has 0 atom stereocenters. The van der Waals surface area contributed by atoms with Gasteiger partial charge in [0.2, 0.25) is 0 Å². The molecule has 30 heavy (non-hydrogen) atoms. The number of methoxy groups -OCH3 is 1. The van der Waals surface area contributed by atoms with E-state index in [1.807, 2.05) is 32.0 Å². The van der Waals surface area contributed by atoms with Crippen molar-refractivity contribution in [1.29, 1.82) is 0 Å². The summed E-state index contributed by atoms with van der Waals surface area (Å²) in [6.07, 6.45) is 0. The first-order valence-corrected chi connectivity index (χ1v) is 10.7. The number of nitrogens with zero attached hydrogens (tertiary/aromatic N) is 5. The third-order valence-corrected chi connectivity index (χ3v) is 6.36. The number of sulfonamides is 1. The molecule has 0 fully saturated rings. The van der Waals surface area contributed by atoms with Gasteiger partial charge in [-0.15, -0.1) is 5.10 Å². The maximum absolute atomic E-state index is 13.5. The molecule has 0 unspecified atom stereocenters. The summed E-state index contributed by atoms with van der Waals surface area (Å²) in [7, 11) is -2.35. The molecule has 0 bridgehead atoms. The summed E-state index contributed by atoms with van der Waals surface area (Å²) in [6, 6.07) is 17.3. The van der Waals surface area contributed by atoms with Gasteiger partial charge in [0.05, 0.1) is 18.6 Å². The van der Waals surface area contributed by atoms with Gasteiger partial charge >= 0.3 is 0 Å². The first-order chi connectivity index (χ1) is 14.4. The molecule has 0 spiro atoms. The minimum atomic E-state index is -3.92. The van der Waals surface area contributed by atoms with Crippen LogP contribution in [0.1, 0.15) is 17.0 Å². The lowest BCUT2D eigenvalue weighted by molar-refractivity contribution is 0.414. The number of aryl methyl sites for hydroxylation is 2. The van der Waals surface area contributed by atoms with Gasteiger partial charge < -0.3 is 4.74 Å². The van der Waals surface area contributed by atoms with Crippen LogP contribution >= 0.6 is 0 Å². The van der Waals surface area contributed by atoms with Crippen molar-refractivity contribution in [2.24, 2.45) is 0 Å². The minimum absolute atomic E-state index is 0.0450. The molecule has 9 heteroatoms. The summed E-state index contributed by atoms with van der Waals surface area (Å²) in [6.45, 7) is 3.78. The molecule has 0 aliphatic carbocycles. The Balaban J connectivity index is 1.86. The van der Waals surface area contributed by atoms with Crippen molar-refractivity contribution in [2.75, 3.05) is 11.4 Å². The lowest BCUT2D eigenvalue weighted by Gasteiger charge is -2.21. The first kappa shape index (κ1) is 19.8. The Morgan fingerprint density at radius 1 is 1.00 bits per heavy atom. The zero-order valence-corrected chi connectivity index (χ0v) is 17.7. The molecule has 2 heterocycles. The topological polar surface area (TPSA) is 89.7 Å². The molecule has 4 rings (SSSR count). The number of hydrogen-bond acceptors (Lipinski definition) is 6. The van der Waals surface area contributed by atoms with E-state index in [2.05, 4.69) is 15.1 Å². The Hall–Kier alpha value is -3.46. The minimum Gasteiger partial charge on any atom is -0.497 e. The normalized spacial score (nSPS) is 11.6. The molecular weight excluding hydrogens is 402 g/mol. The molecule has 0 aliphatic rings. The number of ether oxygens (including phenoxy) is 1. The van der Waals surface area contributed by atoms with Crippen molar-refractivity contribution in [2.45, 2.75) is 25.3 Å². The Bertz CT molecular complexity index is 1300. The van der Waals surface area contributed by atoms with E-state index < -0.39 is 10.0 Å². The molecular formula is C21H21N5O3S. The fraction of sp³-hybridized carbons (Fsp3) is 0.190. The standard InChI is InChI=1S/C21H21N5O3S/c1-15-12-16(2)26-20(22-15)23-21(24-26)25(14-17-8-7-9-18(13-17)29-3)30(27,28)19-10-5-4-6-11-19/h4-13H,14H2,1-3H3. The van der Waals surface area contributed by atoms with E-state index in [0.29, 0.717) is 11.5 Å². The van der Waals surface area contributed by atoms with Crippen LogP contribution in [0.2, 0.25) is 0 Å². The van der Waals surface area contributed by atoms with Crippen molar-refractivity contribution in [3.8, 4) is 5.75 Å². The van der Waals surface area contributed by atoms with Gasteiger partial charge in [0, 0.05) is 11.4 Å². The van der Waals surface area contributed by atoms with E-state index in [-0.39, 0.29) is 17.4 Å². The third-order valence-electron chi connectivity index (χ3n) is 4.62. The molecule has 0 N–H and O–H groups in total. The summed E-state index contributed by atoms with van der Waals surface area (Å²) in [5.41, 5.74) is 2.34. The average Bonchev–Trinajstić information content (AvgIpc) is 3.16. The molecule has 154 valence electrons. The second-order valence-electron chi connectivity index (χ2n) is 6.84. The van der Waals surface area contributed by atoms with Crippen molar-refractivity contribution in [3.05, 3.63) is 77.6 Å². The molecule has 0 saturated heterocycles. The summed E-state index contributed by atoms with van der Waals surface area (Å²) in [5, 5.41) is 4.44. The smallest absolute Gasteiger partial charge is 0.267 e. The molecule has 0 amide bonds. The molecule has 0 aliphatic heterocycles. The van der Waals surface area contributed by atoms with Gasteiger partial charge in [0.25, 0.3) is 21.7 Å². The van der Waals surface area contributed by atoms with Crippen LogP contribution in [0, 0.1) is 13.8 Å². The third kappa shape index (κ3) is 3.71. The van der Waals surface area contributed by atoms with Crippen LogP contribution in [0.5, 0.6) is 5.75 Å². The Labute approximate surface area is 174 Å². The van der Waals surface area contributed by atoms with E-state index in [1.54, 1.807) is 54.1 Å². The lowest BCUT2D eigenvalue weighted by atomic mass is 10.2. The first-order valence-electron chi connectivity index (χ1n) is 9.30. The highest BCUT2D eigenvalue weighted by atomic mass is 32.2. The number of anilines is 1. The Morgan fingerprint density at radius 2 is 1.77 bits per heavy atom. The van der Waals surface area contributed by atoms with Crippen LogP contribution in [-0.4, -0.2) is 35.1 Å². The zero-order chi connectivity index (χ0) is 21.3. The quantitative estimate of drug-likeness (QED) is 0.473. The SMILES string of the molecule is COc1cccc(CN(c2nc3nc(C)cc(C)n3n2)S(=O)(=O)c2ccccc2)c1. The van der Waals surface area contributed by atoms with Crippen LogP contribution < -0.4 is 9.04 Å². The molecule has 0 radical (unpaired) electrons. The molecule has 0 saturated carbocycles. The van der Waals surface area contributed by atoms with E-state index in [9.17, 15) is 8.42 Å². The van der Waals surface area contributed by atoms with Crippen LogP contribution in [0.15, 0.2) is 65.6 Å². The lowest BCUT2D eigenvalue weighted by Crippen LogP contribution is -2.31. The second kappa shape index (κ2) is 7.75. The average molecular weight is 423 g/mol. The number of fused-ring (bicyclic) bond motifs is 1. The van der Waals surface area contributed by atoms with E-state index in [1.165, 1.54) is 4.31 Å².